The van der Waals surface area contributed by atoms with Gasteiger partial charge < -0.3 is 9.88 Å². The van der Waals surface area contributed by atoms with Crippen LogP contribution in [-0.2, 0) is 13.1 Å². The number of rotatable bonds is 5. The van der Waals surface area contributed by atoms with E-state index in [9.17, 15) is 0 Å². The smallest absolute Gasteiger partial charge is 0.0991 e. The third kappa shape index (κ3) is 3.68. The van der Waals surface area contributed by atoms with Crippen LogP contribution in [0.1, 0.15) is 22.4 Å². The third-order valence-electron chi connectivity index (χ3n) is 3.86. The number of nitrogens with one attached hydrogen (secondary N) is 1. The van der Waals surface area contributed by atoms with E-state index in [0.29, 0.717) is 5.56 Å². The maximum absolute atomic E-state index is 8.89. The first-order valence-corrected chi connectivity index (χ1v) is 7.69. The second-order valence-corrected chi connectivity index (χ2v) is 5.62. The highest BCUT2D eigenvalue weighted by Gasteiger charge is 2.03. The lowest BCUT2D eigenvalue weighted by atomic mass is 10.1. The van der Waals surface area contributed by atoms with E-state index in [2.05, 4.69) is 53.2 Å². The molecule has 1 N–H and O–H groups in total. The van der Waals surface area contributed by atoms with Crippen LogP contribution in [0.4, 0.5) is 0 Å². The van der Waals surface area contributed by atoms with Crippen molar-refractivity contribution >= 4 is 0 Å². The number of nitrogens with zero attached hydrogens (tertiary/aromatic N) is 2. The van der Waals surface area contributed by atoms with Crippen LogP contribution in [0.3, 0.4) is 0 Å². The average molecular weight is 301 g/mol. The van der Waals surface area contributed by atoms with Crippen molar-refractivity contribution in [2.75, 3.05) is 0 Å². The van der Waals surface area contributed by atoms with Gasteiger partial charge in [0.2, 0.25) is 0 Å². The highest BCUT2D eigenvalue weighted by atomic mass is 15.0. The van der Waals surface area contributed by atoms with Crippen LogP contribution in [0.2, 0.25) is 0 Å². The average Bonchev–Trinajstić information content (AvgIpc) is 3.05. The molecule has 0 amide bonds. The van der Waals surface area contributed by atoms with Gasteiger partial charge in [-0.2, -0.15) is 5.26 Å². The topological polar surface area (TPSA) is 40.8 Å². The molecule has 2 aromatic carbocycles. The zero-order chi connectivity index (χ0) is 16.1. The Labute approximate surface area is 136 Å². The molecule has 23 heavy (non-hydrogen) atoms. The SMILES string of the molecule is Cc1ccc(CNCc2cccn2-c2ccc(C#N)cc2)cc1. The summed E-state index contributed by atoms with van der Waals surface area (Å²) >= 11 is 0. The Hall–Kier alpha value is -2.83. The first-order chi connectivity index (χ1) is 11.3. The van der Waals surface area contributed by atoms with Crippen LogP contribution in [0.25, 0.3) is 5.69 Å². The fourth-order valence-corrected chi connectivity index (χ4v) is 2.55. The second-order valence-electron chi connectivity index (χ2n) is 5.62. The maximum Gasteiger partial charge on any atom is 0.0991 e. The summed E-state index contributed by atoms with van der Waals surface area (Å²) in [5.41, 5.74) is 5.51. The van der Waals surface area contributed by atoms with E-state index in [-0.39, 0.29) is 0 Å². The van der Waals surface area contributed by atoms with Gasteiger partial charge in [-0.1, -0.05) is 29.8 Å². The van der Waals surface area contributed by atoms with Gasteiger partial charge in [-0.15, -0.1) is 0 Å². The van der Waals surface area contributed by atoms with Gasteiger partial charge >= 0.3 is 0 Å². The second kappa shape index (κ2) is 6.95. The Morgan fingerprint density at radius 1 is 0.957 bits per heavy atom. The van der Waals surface area contributed by atoms with Crippen molar-refractivity contribution in [1.82, 2.24) is 9.88 Å². The highest BCUT2D eigenvalue weighted by molar-refractivity contribution is 5.41. The molecule has 3 nitrogen and oxygen atoms in total. The fourth-order valence-electron chi connectivity index (χ4n) is 2.55. The summed E-state index contributed by atoms with van der Waals surface area (Å²) in [6, 6.07) is 22.5. The van der Waals surface area contributed by atoms with Gasteiger partial charge in [0.1, 0.15) is 0 Å². The normalized spacial score (nSPS) is 10.4. The van der Waals surface area contributed by atoms with Gasteiger partial charge in [-0.05, 0) is 48.9 Å². The lowest BCUT2D eigenvalue weighted by Crippen LogP contribution is -2.15. The standard InChI is InChI=1S/C20H19N3/c1-16-4-6-18(7-5-16)14-22-15-20-3-2-12-23(20)19-10-8-17(13-21)9-11-19/h2-12,22H,14-15H2,1H3. The Morgan fingerprint density at radius 2 is 1.70 bits per heavy atom. The van der Waals surface area contributed by atoms with Crippen LogP contribution in [0, 0.1) is 18.3 Å². The van der Waals surface area contributed by atoms with Crippen molar-refractivity contribution in [2.24, 2.45) is 0 Å². The summed E-state index contributed by atoms with van der Waals surface area (Å²) in [6.07, 6.45) is 2.05. The van der Waals surface area contributed by atoms with Crippen LogP contribution in [0.15, 0.2) is 66.9 Å². The molecule has 3 aromatic rings. The third-order valence-corrected chi connectivity index (χ3v) is 3.86. The monoisotopic (exact) mass is 301 g/mol. The summed E-state index contributed by atoms with van der Waals surface area (Å²) < 4.78 is 2.14. The Balaban J connectivity index is 1.66. The number of benzene rings is 2. The molecule has 1 heterocycles. The Bertz CT molecular complexity index is 805. The van der Waals surface area contributed by atoms with Crippen molar-refractivity contribution in [3.05, 3.63) is 89.2 Å². The molecule has 114 valence electrons. The maximum atomic E-state index is 8.89. The quantitative estimate of drug-likeness (QED) is 0.775. The molecule has 1 aromatic heterocycles. The van der Waals surface area contributed by atoms with Crippen LogP contribution < -0.4 is 5.32 Å². The number of hydrogen-bond donors (Lipinski definition) is 1. The largest absolute Gasteiger partial charge is 0.320 e. The first-order valence-electron chi connectivity index (χ1n) is 7.69. The van der Waals surface area contributed by atoms with Crippen LogP contribution in [-0.4, -0.2) is 4.57 Å². The van der Waals surface area contributed by atoms with Crippen molar-refractivity contribution < 1.29 is 0 Å². The first kappa shape index (κ1) is 15.1. The molecule has 0 saturated carbocycles. The van der Waals surface area contributed by atoms with E-state index < -0.39 is 0 Å². The molecule has 3 rings (SSSR count). The molecule has 0 spiro atoms. The molecule has 0 fully saturated rings. The number of hydrogen-bond acceptors (Lipinski definition) is 2. The molecular formula is C20H19N3. The summed E-state index contributed by atoms with van der Waals surface area (Å²) in [5.74, 6) is 0. The molecule has 0 atom stereocenters. The van der Waals surface area contributed by atoms with Gasteiger partial charge in [0.05, 0.1) is 11.6 Å². The van der Waals surface area contributed by atoms with Gasteiger partial charge in [0, 0.05) is 30.7 Å². The van der Waals surface area contributed by atoms with E-state index in [4.69, 9.17) is 5.26 Å². The Kier molecular flexibility index (Phi) is 4.56. The molecule has 0 aliphatic rings. The van der Waals surface area contributed by atoms with Crippen molar-refractivity contribution in [3.63, 3.8) is 0 Å². The molecule has 0 aliphatic heterocycles. The lowest BCUT2D eigenvalue weighted by Gasteiger charge is -2.11. The minimum Gasteiger partial charge on any atom is -0.320 e. The van der Waals surface area contributed by atoms with Gasteiger partial charge in [0.25, 0.3) is 0 Å². The molecule has 0 saturated heterocycles. The van der Waals surface area contributed by atoms with E-state index in [0.717, 1.165) is 18.8 Å². The molecular weight excluding hydrogens is 282 g/mol. The summed E-state index contributed by atoms with van der Waals surface area (Å²) in [6.45, 7) is 3.74. The summed E-state index contributed by atoms with van der Waals surface area (Å²) in [5, 5.41) is 12.4. The fraction of sp³-hybridized carbons (Fsp3) is 0.150. The van der Waals surface area contributed by atoms with E-state index in [1.54, 1.807) is 0 Å². The number of aromatic nitrogens is 1. The van der Waals surface area contributed by atoms with Crippen molar-refractivity contribution in [1.29, 1.82) is 5.26 Å². The molecule has 0 aliphatic carbocycles. The van der Waals surface area contributed by atoms with Gasteiger partial charge in [-0.25, -0.2) is 0 Å². The van der Waals surface area contributed by atoms with Crippen molar-refractivity contribution in [2.45, 2.75) is 20.0 Å². The minimum atomic E-state index is 0.681. The summed E-state index contributed by atoms with van der Waals surface area (Å²) in [4.78, 5) is 0. The van der Waals surface area contributed by atoms with Gasteiger partial charge in [-0.3, -0.25) is 0 Å². The van der Waals surface area contributed by atoms with Crippen LogP contribution in [0.5, 0.6) is 0 Å². The van der Waals surface area contributed by atoms with Crippen LogP contribution >= 0.6 is 0 Å². The lowest BCUT2D eigenvalue weighted by molar-refractivity contribution is 0.669. The predicted octanol–water partition coefficient (Wildman–Crippen LogP) is 3.95. The van der Waals surface area contributed by atoms with Crippen molar-refractivity contribution in [3.8, 4) is 11.8 Å². The number of nitriles is 1. The van der Waals surface area contributed by atoms with Gasteiger partial charge in [0.15, 0.2) is 0 Å². The Morgan fingerprint density at radius 3 is 2.39 bits per heavy atom. The van der Waals surface area contributed by atoms with E-state index >= 15 is 0 Å². The minimum absolute atomic E-state index is 0.681. The zero-order valence-corrected chi connectivity index (χ0v) is 13.2. The highest BCUT2D eigenvalue weighted by Crippen LogP contribution is 2.14. The van der Waals surface area contributed by atoms with E-state index in [1.807, 2.05) is 36.5 Å². The van der Waals surface area contributed by atoms with E-state index in [1.165, 1.54) is 16.8 Å². The predicted molar refractivity (Wildman–Crippen MR) is 92.2 cm³/mol. The summed E-state index contributed by atoms with van der Waals surface area (Å²) in [7, 11) is 0. The number of aryl methyl sites for hydroxylation is 1. The molecule has 0 unspecified atom stereocenters. The molecule has 0 bridgehead atoms. The molecule has 3 heteroatoms. The zero-order valence-electron chi connectivity index (χ0n) is 13.2. The molecule has 0 radical (unpaired) electrons.